The first kappa shape index (κ1) is 17.2. The van der Waals surface area contributed by atoms with Crippen molar-refractivity contribution in [2.24, 2.45) is 0 Å². The number of anilines is 2. The van der Waals surface area contributed by atoms with Crippen molar-refractivity contribution in [1.29, 1.82) is 0 Å². The molecule has 0 aliphatic carbocycles. The third-order valence-electron chi connectivity index (χ3n) is 3.63. The Bertz CT molecular complexity index is 724. The van der Waals surface area contributed by atoms with E-state index < -0.39 is 17.8 Å². The first-order valence-electron chi connectivity index (χ1n) is 7.61. The molecule has 134 valence electrons. The van der Waals surface area contributed by atoms with E-state index in [1.165, 1.54) is 0 Å². The smallest absolute Gasteiger partial charge is 0.378 e. The third-order valence-corrected chi connectivity index (χ3v) is 3.63. The van der Waals surface area contributed by atoms with Crippen LogP contribution in [-0.2, 0) is 22.3 Å². The van der Waals surface area contributed by atoms with Crippen LogP contribution in [0.2, 0.25) is 0 Å². The summed E-state index contributed by atoms with van der Waals surface area (Å²) in [5.41, 5.74) is -0.114. The van der Waals surface area contributed by atoms with E-state index in [1.807, 2.05) is 6.07 Å². The van der Waals surface area contributed by atoms with Gasteiger partial charge in [-0.15, -0.1) is 0 Å². The fourth-order valence-electron chi connectivity index (χ4n) is 2.40. The number of amides is 1. The summed E-state index contributed by atoms with van der Waals surface area (Å²) >= 11 is 0. The lowest BCUT2D eigenvalue weighted by Gasteiger charge is -2.28. The van der Waals surface area contributed by atoms with Crippen LogP contribution in [0.3, 0.4) is 0 Å². The lowest BCUT2D eigenvalue weighted by molar-refractivity contribution is -0.141. The number of carbonyl (C=O) groups is 1. The molecule has 7 nitrogen and oxygen atoms in total. The molecular formula is C15H16F3N5O2. The number of pyridine rings is 1. The van der Waals surface area contributed by atoms with Crippen LogP contribution in [0.25, 0.3) is 0 Å². The van der Waals surface area contributed by atoms with E-state index >= 15 is 0 Å². The zero-order valence-electron chi connectivity index (χ0n) is 13.2. The van der Waals surface area contributed by atoms with E-state index in [2.05, 4.69) is 20.3 Å². The molecule has 0 spiro atoms. The molecule has 3 rings (SSSR count). The number of nitrogens with one attached hydrogen (secondary N) is 1. The Kier molecular flexibility index (Phi) is 4.88. The highest BCUT2D eigenvalue weighted by molar-refractivity contribution is 5.89. The Morgan fingerprint density at radius 2 is 2.00 bits per heavy atom. The monoisotopic (exact) mass is 355 g/mol. The molecule has 0 bridgehead atoms. The molecule has 0 unspecified atom stereocenters. The first-order valence-corrected chi connectivity index (χ1v) is 7.61. The fourth-order valence-corrected chi connectivity index (χ4v) is 2.40. The molecule has 3 heterocycles. The van der Waals surface area contributed by atoms with Gasteiger partial charge in [-0.25, -0.2) is 4.98 Å². The maximum atomic E-state index is 12.5. The highest BCUT2D eigenvalue weighted by atomic mass is 19.4. The molecular weight excluding hydrogens is 339 g/mol. The van der Waals surface area contributed by atoms with E-state index in [0.29, 0.717) is 19.0 Å². The number of carbonyl (C=O) groups excluding carboxylic acids is 1. The van der Waals surface area contributed by atoms with Gasteiger partial charge in [-0.05, 0) is 18.2 Å². The first-order chi connectivity index (χ1) is 11.9. The summed E-state index contributed by atoms with van der Waals surface area (Å²) in [6.07, 6.45) is -1.79. The van der Waals surface area contributed by atoms with Crippen LogP contribution in [0.15, 0.2) is 30.6 Å². The maximum Gasteiger partial charge on any atom is 0.435 e. The number of rotatable bonds is 4. The average molecular weight is 355 g/mol. The number of nitrogens with zero attached hydrogens (tertiary/aromatic N) is 4. The number of halogens is 3. The minimum atomic E-state index is -4.53. The SMILES string of the molecule is O=C(Cn1ccc(C(F)(F)F)n1)Nc1ccc(N2CCOCC2)cn1. The van der Waals surface area contributed by atoms with Gasteiger partial charge >= 0.3 is 6.18 Å². The molecule has 1 saturated heterocycles. The number of alkyl halides is 3. The number of hydrogen-bond donors (Lipinski definition) is 1. The number of aromatic nitrogens is 3. The van der Waals surface area contributed by atoms with Gasteiger partial charge < -0.3 is 15.0 Å². The van der Waals surface area contributed by atoms with Crippen LogP contribution in [0, 0.1) is 0 Å². The molecule has 1 amide bonds. The van der Waals surface area contributed by atoms with Crippen molar-refractivity contribution in [2.45, 2.75) is 12.7 Å². The fraction of sp³-hybridized carbons (Fsp3) is 0.400. The van der Waals surface area contributed by atoms with Crippen molar-refractivity contribution in [3.63, 3.8) is 0 Å². The van der Waals surface area contributed by atoms with Crippen molar-refractivity contribution in [2.75, 3.05) is 36.5 Å². The van der Waals surface area contributed by atoms with Crippen molar-refractivity contribution in [1.82, 2.24) is 14.8 Å². The molecule has 2 aromatic rings. The lowest BCUT2D eigenvalue weighted by atomic mass is 10.3. The normalized spacial score (nSPS) is 15.2. The molecule has 0 atom stereocenters. The summed E-state index contributed by atoms with van der Waals surface area (Å²) < 4.78 is 43.6. The molecule has 1 aliphatic heterocycles. The molecule has 1 aliphatic rings. The molecule has 0 radical (unpaired) electrons. The van der Waals surface area contributed by atoms with Gasteiger partial charge in [0.05, 0.1) is 25.1 Å². The number of morpholine rings is 1. The van der Waals surface area contributed by atoms with Crippen molar-refractivity contribution < 1.29 is 22.7 Å². The van der Waals surface area contributed by atoms with Crippen LogP contribution in [0.5, 0.6) is 0 Å². The summed E-state index contributed by atoms with van der Waals surface area (Å²) in [6.45, 7) is 2.52. The largest absolute Gasteiger partial charge is 0.435 e. The van der Waals surface area contributed by atoms with E-state index in [-0.39, 0.29) is 6.54 Å². The molecule has 2 aromatic heterocycles. The van der Waals surface area contributed by atoms with Gasteiger partial charge in [0.1, 0.15) is 12.4 Å². The van der Waals surface area contributed by atoms with Crippen LogP contribution in [0.1, 0.15) is 5.69 Å². The van der Waals surface area contributed by atoms with E-state index in [0.717, 1.165) is 35.7 Å². The zero-order chi connectivity index (χ0) is 17.9. The molecule has 1 fully saturated rings. The summed E-state index contributed by atoms with van der Waals surface area (Å²) in [7, 11) is 0. The number of hydrogen-bond acceptors (Lipinski definition) is 5. The Labute approximate surface area is 141 Å². The topological polar surface area (TPSA) is 72.3 Å². The molecule has 0 aromatic carbocycles. The minimum Gasteiger partial charge on any atom is -0.378 e. The quantitative estimate of drug-likeness (QED) is 0.905. The summed E-state index contributed by atoms with van der Waals surface area (Å²) in [6, 6.07) is 4.29. The second-order valence-corrected chi connectivity index (χ2v) is 5.45. The lowest BCUT2D eigenvalue weighted by Crippen LogP contribution is -2.36. The third kappa shape index (κ3) is 4.47. The molecule has 25 heavy (non-hydrogen) atoms. The Hall–Kier alpha value is -2.62. The molecule has 10 heteroatoms. The maximum absolute atomic E-state index is 12.5. The van der Waals surface area contributed by atoms with Gasteiger partial charge in [-0.2, -0.15) is 18.3 Å². The van der Waals surface area contributed by atoms with Gasteiger partial charge in [0.2, 0.25) is 5.91 Å². The minimum absolute atomic E-state index is 0.324. The van der Waals surface area contributed by atoms with E-state index in [4.69, 9.17) is 4.74 Å². The molecule has 1 N–H and O–H groups in total. The highest BCUT2D eigenvalue weighted by Gasteiger charge is 2.33. The predicted octanol–water partition coefficient (Wildman–Crippen LogP) is 1.77. The highest BCUT2D eigenvalue weighted by Crippen LogP contribution is 2.27. The Balaban J connectivity index is 1.56. The predicted molar refractivity (Wildman–Crippen MR) is 83.1 cm³/mol. The second-order valence-electron chi connectivity index (χ2n) is 5.45. The summed E-state index contributed by atoms with van der Waals surface area (Å²) in [4.78, 5) is 18.2. The standard InChI is InChI=1S/C15H16F3N5O2/c16-15(17,18)12-3-4-23(21-12)10-14(24)20-13-2-1-11(9-19-13)22-5-7-25-8-6-22/h1-4,9H,5-8,10H2,(H,19,20,24). The average Bonchev–Trinajstić information content (AvgIpc) is 3.05. The van der Waals surface area contributed by atoms with Gasteiger partial charge in [0, 0.05) is 19.3 Å². The van der Waals surface area contributed by atoms with Crippen LogP contribution in [0.4, 0.5) is 24.7 Å². The van der Waals surface area contributed by atoms with Gasteiger partial charge in [0.25, 0.3) is 0 Å². The molecule has 0 saturated carbocycles. The van der Waals surface area contributed by atoms with Crippen molar-refractivity contribution in [3.8, 4) is 0 Å². The van der Waals surface area contributed by atoms with Crippen molar-refractivity contribution >= 4 is 17.4 Å². The Morgan fingerprint density at radius 1 is 1.24 bits per heavy atom. The summed E-state index contributed by atoms with van der Waals surface area (Å²) in [5.74, 6) is -0.186. The van der Waals surface area contributed by atoms with Gasteiger partial charge in [-0.3, -0.25) is 9.48 Å². The van der Waals surface area contributed by atoms with Gasteiger partial charge in [-0.1, -0.05) is 0 Å². The van der Waals surface area contributed by atoms with E-state index in [9.17, 15) is 18.0 Å². The van der Waals surface area contributed by atoms with Crippen molar-refractivity contribution in [3.05, 3.63) is 36.3 Å². The van der Waals surface area contributed by atoms with Crippen LogP contribution < -0.4 is 10.2 Å². The van der Waals surface area contributed by atoms with Gasteiger partial charge in [0.15, 0.2) is 5.69 Å². The summed E-state index contributed by atoms with van der Waals surface area (Å²) in [5, 5.41) is 5.86. The second kappa shape index (κ2) is 7.09. The Morgan fingerprint density at radius 3 is 2.60 bits per heavy atom. The van der Waals surface area contributed by atoms with E-state index in [1.54, 1.807) is 12.3 Å². The van der Waals surface area contributed by atoms with Crippen LogP contribution in [-0.4, -0.2) is 47.0 Å². The zero-order valence-corrected chi connectivity index (χ0v) is 13.2. The van der Waals surface area contributed by atoms with Crippen LogP contribution >= 0.6 is 0 Å². The number of ether oxygens (including phenoxy) is 1.